The summed E-state index contributed by atoms with van der Waals surface area (Å²) in [7, 11) is -3.90. The number of alkyl carbamates (subject to hydrolysis) is 1. The summed E-state index contributed by atoms with van der Waals surface area (Å²) in [6.45, 7) is 11.7. The molecule has 3 aromatic rings. The molecule has 6 atom stereocenters. The molecule has 0 saturated heterocycles. The zero-order valence-electron chi connectivity index (χ0n) is 34.9. The maximum absolute atomic E-state index is 14.8. The van der Waals surface area contributed by atoms with Crippen LogP contribution in [0.5, 0.6) is 5.88 Å². The molecule has 0 spiro atoms. The third kappa shape index (κ3) is 9.80. The van der Waals surface area contributed by atoms with Gasteiger partial charge in [0, 0.05) is 17.4 Å². The number of ketones is 1. The van der Waals surface area contributed by atoms with Gasteiger partial charge in [-0.2, -0.15) is 0 Å². The van der Waals surface area contributed by atoms with Crippen LogP contribution < -0.4 is 20.1 Å². The number of fused-ring (bicyclic) bond motifs is 3. The molecule has 3 aliphatic carbocycles. The maximum Gasteiger partial charge on any atom is 0.408 e. The summed E-state index contributed by atoms with van der Waals surface area (Å²) in [4.78, 5) is 66.2. The lowest BCUT2D eigenvalue weighted by atomic mass is 9.85. The Morgan fingerprint density at radius 1 is 0.864 bits per heavy atom. The Bertz CT molecular complexity index is 2240. The number of amides is 3. The molecular formula is C45H57N5O8S. The van der Waals surface area contributed by atoms with Crippen LogP contribution in [-0.2, 0) is 34.6 Å². The molecule has 3 saturated carbocycles. The summed E-state index contributed by atoms with van der Waals surface area (Å²) < 4.78 is 40.4. The number of sulfonamides is 1. The molecule has 3 fully saturated rings. The van der Waals surface area contributed by atoms with Crippen LogP contribution in [0.15, 0.2) is 60.7 Å². The number of nitrogens with one attached hydrogen (secondary N) is 3. The van der Waals surface area contributed by atoms with Crippen LogP contribution >= 0.6 is 0 Å². The van der Waals surface area contributed by atoms with Crippen molar-refractivity contribution in [3.8, 4) is 17.1 Å². The summed E-state index contributed by atoms with van der Waals surface area (Å²) >= 11 is 0. The standard InChI is InChI=1S/C45H57N5O8S/c1-43(2,3)28-20-18-27(19-21-28)37-40(47-35-16-13-12-15-34(35)46-37)57-30-24-32-33(25-30)39(52)49-45(41(53)50-59(55,56)31-22-23-31)26-29(45)14-10-8-7-9-11-17-36(38(32)51)48-42(54)58-44(4,5)6/h10,12-16,18-21,29-33,36H,7-9,11,17,22-26H2,1-6H3,(H,48,54)(H,49,52)(H,50,53)/b14-10-/t29?,30-,32?,33+,36+,45+/m0/s1. The number of aromatic nitrogens is 2. The van der Waals surface area contributed by atoms with Gasteiger partial charge in [-0.05, 0) is 95.2 Å². The smallest absolute Gasteiger partial charge is 0.408 e. The van der Waals surface area contributed by atoms with Crippen molar-refractivity contribution in [1.82, 2.24) is 25.3 Å². The molecular weight excluding hydrogens is 771 g/mol. The van der Waals surface area contributed by atoms with E-state index in [-0.39, 0.29) is 36.3 Å². The molecule has 0 bridgehead atoms. The average Bonchev–Trinajstić information content (AvgIpc) is 4.09. The average molecular weight is 828 g/mol. The number of ether oxygens (including phenoxy) is 2. The Kier molecular flexibility index (Phi) is 11.7. The number of carbonyl (C=O) groups is 4. The first kappa shape index (κ1) is 42.3. The number of allylic oxidation sites excluding steroid dienone is 1. The third-order valence-electron chi connectivity index (χ3n) is 11.8. The fourth-order valence-corrected chi connectivity index (χ4v) is 9.61. The van der Waals surface area contributed by atoms with Crippen molar-refractivity contribution in [2.24, 2.45) is 17.8 Å². The molecule has 1 aromatic heterocycles. The number of para-hydroxylation sites is 2. The van der Waals surface area contributed by atoms with Crippen LogP contribution in [-0.4, -0.2) is 70.6 Å². The van der Waals surface area contributed by atoms with Crippen LogP contribution in [0.25, 0.3) is 22.3 Å². The highest BCUT2D eigenvalue weighted by Gasteiger charge is 2.62. The van der Waals surface area contributed by atoms with Gasteiger partial charge in [0.2, 0.25) is 21.8 Å². The fraction of sp³-hybridized carbons (Fsp3) is 0.556. The predicted octanol–water partition coefficient (Wildman–Crippen LogP) is 6.83. The van der Waals surface area contributed by atoms with E-state index in [1.807, 2.05) is 48.6 Å². The first-order valence-electron chi connectivity index (χ1n) is 21.0. The minimum atomic E-state index is -3.90. The molecule has 3 amide bonds. The van der Waals surface area contributed by atoms with Crippen molar-refractivity contribution in [2.45, 2.75) is 140 Å². The molecule has 316 valence electrons. The zero-order chi connectivity index (χ0) is 42.3. The van der Waals surface area contributed by atoms with Crippen LogP contribution in [0.3, 0.4) is 0 Å². The van der Waals surface area contributed by atoms with Gasteiger partial charge in [-0.15, -0.1) is 0 Å². The number of hydrogen-bond donors (Lipinski definition) is 3. The number of nitrogens with zero attached hydrogens (tertiary/aromatic N) is 2. The van der Waals surface area contributed by atoms with Crippen molar-refractivity contribution in [2.75, 3.05) is 0 Å². The van der Waals surface area contributed by atoms with Crippen molar-refractivity contribution >= 4 is 44.7 Å². The molecule has 13 nitrogen and oxygen atoms in total. The van der Waals surface area contributed by atoms with E-state index >= 15 is 0 Å². The van der Waals surface area contributed by atoms with E-state index in [9.17, 15) is 27.6 Å². The highest BCUT2D eigenvalue weighted by Crippen LogP contribution is 2.47. The molecule has 0 radical (unpaired) electrons. The number of rotatable bonds is 7. The monoisotopic (exact) mass is 827 g/mol. The van der Waals surface area contributed by atoms with Gasteiger partial charge in [0.25, 0.3) is 5.91 Å². The summed E-state index contributed by atoms with van der Waals surface area (Å²) in [5.41, 5.74) is 1.37. The fourth-order valence-electron chi connectivity index (χ4n) is 8.25. The molecule has 3 N–H and O–H groups in total. The topological polar surface area (TPSA) is 183 Å². The highest BCUT2D eigenvalue weighted by atomic mass is 32.2. The molecule has 7 rings (SSSR count). The maximum atomic E-state index is 14.8. The lowest BCUT2D eigenvalue weighted by Crippen LogP contribution is -2.54. The third-order valence-corrected chi connectivity index (χ3v) is 13.6. The summed E-state index contributed by atoms with van der Waals surface area (Å²) in [5, 5.41) is 5.13. The number of hydrogen-bond acceptors (Lipinski definition) is 10. The Labute approximate surface area is 346 Å². The number of carbonyl (C=O) groups excluding carboxylic acids is 4. The van der Waals surface area contributed by atoms with Gasteiger partial charge in [-0.1, -0.05) is 82.2 Å². The summed E-state index contributed by atoms with van der Waals surface area (Å²) in [5.74, 6) is -3.73. The largest absolute Gasteiger partial charge is 0.473 e. The quantitative estimate of drug-likeness (QED) is 0.214. The van der Waals surface area contributed by atoms with Crippen LogP contribution in [0.4, 0.5) is 4.79 Å². The van der Waals surface area contributed by atoms with E-state index in [1.54, 1.807) is 20.8 Å². The Morgan fingerprint density at radius 3 is 2.20 bits per heavy atom. The Morgan fingerprint density at radius 2 is 1.54 bits per heavy atom. The second-order valence-electron chi connectivity index (χ2n) is 18.7. The van der Waals surface area contributed by atoms with Gasteiger partial charge < -0.3 is 20.1 Å². The van der Waals surface area contributed by atoms with Gasteiger partial charge in [-0.25, -0.2) is 23.2 Å². The van der Waals surface area contributed by atoms with Gasteiger partial charge in [0.05, 0.1) is 28.2 Å². The van der Waals surface area contributed by atoms with Crippen molar-refractivity contribution in [3.05, 3.63) is 66.2 Å². The molecule has 59 heavy (non-hydrogen) atoms. The normalized spacial score (nSPS) is 27.3. The van der Waals surface area contributed by atoms with E-state index < -0.39 is 74.2 Å². The van der Waals surface area contributed by atoms with Crippen molar-refractivity contribution in [3.63, 3.8) is 0 Å². The van der Waals surface area contributed by atoms with Crippen LogP contribution in [0.1, 0.15) is 111 Å². The van der Waals surface area contributed by atoms with Gasteiger partial charge in [-0.3, -0.25) is 19.1 Å². The van der Waals surface area contributed by atoms with Crippen molar-refractivity contribution in [1.29, 1.82) is 0 Å². The number of Topliss-reactive ketones (excluding diaryl/α,β-unsaturated/α-hetero) is 1. The first-order chi connectivity index (χ1) is 27.8. The lowest BCUT2D eigenvalue weighted by Gasteiger charge is -2.27. The van der Waals surface area contributed by atoms with E-state index in [4.69, 9.17) is 19.4 Å². The van der Waals surface area contributed by atoms with Crippen LogP contribution in [0, 0.1) is 17.8 Å². The summed E-state index contributed by atoms with van der Waals surface area (Å²) in [6.07, 6.45) is 7.08. The molecule has 14 heteroatoms. The van der Waals surface area contributed by atoms with E-state index in [1.165, 1.54) is 0 Å². The Balaban J connectivity index is 1.23. The zero-order valence-corrected chi connectivity index (χ0v) is 35.7. The van der Waals surface area contributed by atoms with Crippen LogP contribution in [0.2, 0.25) is 0 Å². The Hall–Kier alpha value is -4.85. The SMILES string of the molecule is CC(C)(C)OC(=O)N[C@@H]1CCCCC/C=C\C2C[C@@]2(C(=O)NS(=O)(=O)C2CC2)NC(=O)[C@@H]2C[C@@H](Oc3nc4ccccc4nc3-c3ccc(C(C)(C)C)cc3)CC2C1=O. The lowest BCUT2D eigenvalue weighted by molar-refractivity contribution is -0.136. The second-order valence-corrected chi connectivity index (χ2v) is 20.7. The minimum Gasteiger partial charge on any atom is -0.473 e. The van der Waals surface area contributed by atoms with Gasteiger partial charge in [0.15, 0.2) is 5.78 Å². The van der Waals surface area contributed by atoms with E-state index in [0.29, 0.717) is 48.8 Å². The van der Waals surface area contributed by atoms with E-state index in [2.05, 4.69) is 48.3 Å². The first-order valence-corrected chi connectivity index (χ1v) is 22.5. The second kappa shape index (κ2) is 16.3. The van der Waals surface area contributed by atoms with Gasteiger partial charge in [0.1, 0.15) is 22.9 Å². The molecule has 2 unspecified atom stereocenters. The highest BCUT2D eigenvalue weighted by molar-refractivity contribution is 7.91. The van der Waals surface area contributed by atoms with E-state index in [0.717, 1.165) is 24.0 Å². The molecule has 1 aliphatic heterocycles. The molecule has 4 aliphatic rings. The van der Waals surface area contributed by atoms with Crippen molar-refractivity contribution < 1.29 is 37.1 Å². The number of benzene rings is 2. The molecule has 2 aromatic carbocycles. The summed E-state index contributed by atoms with van der Waals surface area (Å²) in [6, 6.07) is 14.6. The minimum absolute atomic E-state index is 0.0669. The predicted molar refractivity (Wildman–Crippen MR) is 224 cm³/mol. The van der Waals surface area contributed by atoms with Gasteiger partial charge >= 0.3 is 6.09 Å². The molecule has 2 heterocycles.